The first-order chi connectivity index (χ1) is 9.33. The van der Waals surface area contributed by atoms with Crippen LogP contribution in [0.1, 0.15) is 12.5 Å². The van der Waals surface area contributed by atoms with Crippen molar-refractivity contribution in [2.45, 2.75) is 19.4 Å². The highest BCUT2D eigenvalue weighted by Gasteiger charge is 2.08. The lowest BCUT2D eigenvalue weighted by molar-refractivity contribution is 0.783. The summed E-state index contributed by atoms with van der Waals surface area (Å²) in [5.74, 6) is 0.862. The highest BCUT2D eigenvalue weighted by Crippen LogP contribution is 2.20. The van der Waals surface area contributed by atoms with Gasteiger partial charge in [0.1, 0.15) is 0 Å². The lowest BCUT2D eigenvalue weighted by Gasteiger charge is -2.14. The minimum Gasteiger partial charge on any atom is -0.365 e. The number of benzene rings is 1. The molecule has 0 spiro atoms. The molecule has 0 fully saturated rings. The van der Waals surface area contributed by atoms with Gasteiger partial charge in [-0.1, -0.05) is 24.3 Å². The molecule has 0 radical (unpaired) electrons. The quantitative estimate of drug-likeness (QED) is 0.784. The van der Waals surface area contributed by atoms with E-state index < -0.39 is 0 Å². The number of rotatable bonds is 4. The van der Waals surface area contributed by atoms with E-state index in [1.807, 2.05) is 12.1 Å². The number of nitrogens with one attached hydrogen (secondary N) is 1. The summed E-state index contributed by atoms with van der Waals surface area (Å²) in [5.41, 5.74) is 1.36. The van der Waals surface area contributed by atoms with Gasteiger partial charge in [-0.25, -0.2) is 0 Å². The maximum atomic E-state index is 4.22. The zero-order valence-electron chi connectivity index (χ0n) is 10.7. The minimum absolute atomic E-state index is 0.328. The van der Waals surface area contributed by atoms with E-state index in [0.717, 1.165) is 23.0 Å². The zero-order chi connectivity index (χ0) is 13.1. The second kappa shape index (κ2) is 5.36. The monoisotopic (exact) mass is 269 g/mol. The molecule has 2 aromatic heterocycles. The summed E-state index contributed by atoms with van der Waals surface area (Å²) in [4.78, 5) is 0. The molecule has 3 nitrogen and oxygen atoms in total. The number of nitrogens with zero attached hydrogens (tertiary/aromatic N) is 2. The first-order valence-electron chi connectivity index (χ1n) is 6.31. The molecular formula is C15H15N3S. The Balaban J connectivity index is 1.81. The molecule has 0 aliphatic rings. The van der Waals surface area contributed by atoms with Gasteiger partial charge in [0, 0.05) is 16.8 Å². The first kappa shape index (κ1) is 12.1. The van der Waals surface area contributed by atoms with Gasteiger partial charge in [0.25, 0.3) is 0 Å². The third kappa shape index (κ3) is 2.74. The third-order valence-electron chi connectivity index (χ3n) is 3.08. The smallest absolute Gasteiger partial charge is 0.156 e. The van der Waals surface area contributed by atoms with E-state index in [0.29, 0.717) is 6.04 Å². The molecular weight excluding hydrogens is 254 g/mol. The second-order valence-electron chi connectivity index (χ2n) is 4.66. The Kier molecular flexibility index (Phi) is 3.42. The summed E-state index contributed by atoms with van der Waals surface area (Å²) >= 11 is 1.73. The molecule has 1 unspecified atom stereocenters. The summed E-state index contributed by atoms with van der Waals surface area (Å²) in [7, 11) is 0. The molecule has 0 amide bonds. The average Bonchev–Trinajstić information content (AvgIpc) is 2.92. The molecule has 4 heteroatoms. The Morgan fingerprint density at radius 1 is 1.26 bits per heavy atom. The molecule has 0 aliphatic heterocycles. The van der Waals surface area contributed by atoms with E-state index >= 15 is 0 Å². The minimum atomic E-state index is 0.328. The number of fused-ring (bicyclic) bond motifs is 1. The summed E-state index contributed by atoms with van der Waals surface area (Å²) < 4.78 is 0. The van der Waals surface area contributed by atoms with E-state index in [9.17, 15) is 0 Å². The van der Waals surface area contributed by atoms with Gasteiger partial charge in [-0.3, -0.25) is 0 Å². The van der Waals surface area contributed by atoms with Gasteiger partial charge >= 0.3 is 0 Å². The molecule has 0 saturated carbocycles. The predicted molar refractivity (Wildman–Crippen MR) is 80.6 cm³/mol. The summed E-state index contributed by atoms with van der Waals surface area (Å²) in [6, 6.07) is 10.7. The normalized spacial score (nSPS) is 12.5. The van der Waals surface area contributed by atoms with Crippen LogP contribution in [0.25, 0.3) is 10.8 Å². The molecule has 2 heterocycles. The topological polar surface area (TPSA) is 37.8 Å². The van der Waals surface area contributed by atoms with Crippen LogP contribution < -0.4 is 5.32 Å². The van der Waals surface area contributed by atoms with Crippen molar-refractivity contribution in [2.75, 3.05) is 5.32 Å². The molecule has 1 N–H and O–H groups in total. The standard InChI is InChI=1S/C15H15N3S/c1-11(8-12-6-7-19-10-12)17-15-14-5-3-2-4-13(14)9-16-18-15/h2-7,9-11H,8H2,1H3,(H,17,18). The van der Waals surface area contributed by atoms with Crippen molar-refractivity contribution in [1.82, 2.24) is 10.2 Å². The van der Waals surface area contributed by atoms with Crippen molar-refractivity contribution in [3.63, 3.8) is 0 Å². The predicted octanol–water partition coefficient (Wildman–Crippen LogP) is 3.73. The fraction of sp³-hybridized carbons (Fsp3) is 0.200. The van der Waals surface area contributed by atoms with Crippen molar-refractivity contribution in [3.8, 4) is 0 Å². The van der Waals surface area contributed by atoms with E-state index in [4.69, 9.17) is 0 Å². The van der Waals surface area contributed by atoms with E-state index in [1.165, 1.54) is 5.56 Å². The lowest BCUT2D eigenvalue weighted by Crippen LogP contribution is -2.19. The first-order valence-corrected chi connectivity index (χ1v) is 7.25. The summed E-state index contributed by atoms with van der Waals surface area (Å²) in [5, 5.41) is 18.3. The maximum absolute atomic E-state index is 4.22. The molecule has 0 bridgehead atoms. The van der Waals surface area contributed by atoms with Crippen LogP contribution in [0.4, 0.5) is 5.82 Å². The Labute approximate surface area is 116 Å². The van der Waals surface area contributed by atoms with Crippen LogP contribution in [0.15, 0.2) is 47.3 Å². The van der Waals surface area contributed by atoms with Crippen molar-refractivity contribution >= 4 is 27.9 Å². The molecule has 0 aliphatic carbocycles. The number of aromatic nitrogens is 2. The number of anilines is 1. The van der Waals surface area contributed by atoms with Gasteiger partial charge in [0.2, 0.25) is 0 Å². The second-order valence-corrected chi connectivity index (χ2v) is 5.44. The van der Waals surface area contributed by atoms with Crippen LogP contribution in [-0.2, 0) is 6.42 Å². The van der Waals surface area contributed by atoms with Gasteiger partial charge in [-0.05, 0) is 35.7 Å². The van der Waals surface area contributed by atoms with Crippen molar-refractivity contribution in [2.24, 2.45) is 0 Å². The summed E-state index contributed by atoms with van der Waals surface area (Å²) in [6.45, 7) is 2.17. The van der Waals surface area contributed by atoms with Crippen molar-refractivity contribution in [3.05, 3.63) is 52.9 Å². The molecule has 1 atom stereocenters. The Hall–Kier alpha value is -1.94. The van der Waals surface area contributed by atoms with Crippen molar-refractivity contribution in [1.29, 1.82) is 0 Å². The fourth-order valence-electron chi connectivity index (χ4n) is 2.18. The van der Waals surface area contributed by atoms with Crippen LogP contribution in [0, 0.1) is 0 Å². The highest BCUT2D eigenvalue weighted by atomic mass is 32.1. The SMILES string of the molecule is CC(Cc1ccsc1)Nc1nncc2ccccc12. The molecule has 3 aromatic rings. The molecule has 3 rings (SSSR count). The van der Waals surface area contributed by atoms with Crippen LogP contribution in [0.3, 0.4) is 0 Å². The fourth-order valence-corrected chi connectivity index (χ4v) is 2.86. The van der Waals surface area contributed by atoms with E-state index in [2.05, 4.69) is 51.4 Å². The Bertz CT molecular complexity index is 659. The van der Waals surface area contributed by atoms with Gasteiger partial charge in [-0.15, -0.1) is 5.10 Å². The van der Waals surface area contributed by atoms with Crippen LogP contribution in [-0.4, -0.2) is 16.2 Å². The lowest BCUT2D eigenvalue weighted by atomic mass is 10.1. The number of hydrogen-bond acceptors (Lipinski definition) is 4. The van der Waals surface area contributed by atoms with Crippen molar-refractivity contribution < 1.29 is 0 Å². The number of thiophene rings is 1. The summed E-state index contributed by atoms with van der Waals surface area (Å²) in [6.07, 6.45) is 2.79. The third-order valence-corrected chi connectivity index (χ3v) is 3.81. The molecule has 1 aromatic carbocycles. The van der Waals surface area contributed by atoms with Gasteiger partial charge in [0.05, 0.1) is 6.20 Å². The van der Waals surface area contributed by atoms with Gasteiger partial charge in [0.15, 0.2) is 5.82 Å². The van der Waals surface area contributed by atoms with Crippen LogP contribution in [0.2, 0.25) is 0 Å². The van der Waals surface area contributed by atoms with Crippen LogP contribution >= 0.6 is 11.3 Å². The average molecular weight is 269 g/mol. The zero-order valence-corrected chi connectivity index (χ0v) is 11.5. The van der Waals surface area contributed by atoms with E-state index in [-0.39, 0.29) is 0 Å². The van der Waals surface area contributed by atoms with Crippen LogP contribution in [0.5, 0.6) is 0 Å². The Morgan fingerprint density at radius 3 is 3.00 bits per heavy atom. The van der Waals surface area contributed by atoms with E-state index in [1.54, 1.807) is 17.5 Å². The highest BCUT2D eigenvalue weighted by molar-refractivity contribution is 7.07. The maximum Gasteiger partial charge on any atom is 0.156 e. The largest absolute Gasteiger partial charge is 0.365 e. The van der Waals surface area contributed by atoms with Gasteiger partial charge in [-0.2, -0.15) is 16.4 Å². The molecule has 19 heavy (non-hydrogen) atoms. The number of hydrogen-bond donors (Lipinski definition) is 1. The molecule has 0 saturated heterocycles. The molecule has 96 valence electrons. The van der Waals surface area contributed by atoms with Gasteiger partial charge < -0.3 is 5.32 Å². The Morgan fingerprint density at radius 2 is 2.16 bits per heavy atom.